The summed E-state index contributed by atoms with van der Waals surface area (Å²) in [6.07, 6.45) is 6.07. The molecule has 1 fully saturated rings. The van der Waals surface area contributed by atoms with Gasteiger partial charge in [-0.1, -0.05) is 36.4 Å². The zero-order valence-corrected chi connectivity index (χ0v) is 17.6. The van der Waals surface area contributed by atoms with Gasteiger partial charge in [-0.25, -0.2) is 4.98 Å². The van der Waals surface area contributed by atoms with E-state index in [0.717, 1.165) is 36.5 Å². The van der Waals surface area contributed by atoms with Crippen molar-refractivity contribution in [1.82, 2.24) is 14.3 Å². The number of nitrogens with zero attached hydrogens (tertiary/aromatic N) is 3. The van der Waals surface area contributed by atoms with Crippen LogP contribution in [0.3, 0.4) is 0 Å². The predicted molar refractivity (Wildman–Crippen MR) is 120 cm³/mol. The number of carbonyl (C=O) groups is 1. The number of pyridine rings is 1. The molecular formula is C26H25N3O2. The average molecular weight is 412 g/mol. The lowest BCUT2D eigenvalue weighted by Gasteiger charge is -2.25. The number of hydrogen-bond acceptors (Lipinski definition) is 3. The van der Waals surface area contributed by atoms with E-state index in [-0.39, 0.29) is 11.9 Å². The first-order valence-corrected chi connectivity index (χ1v) is 10.7. The molecule has 4 aromatic rings. The molecule has 1 saturated heterocycles. The molecule has 1 atom stereocenters. The Hall–Kier alpha value is -3.60. The minimum Gasteiger partial charge on any atom is -0.487 e. The van der Waals surface area contributed by atoms with Gasteiger partial charge in [0.05, 0.1) is 11.7 Å². The maximum absolute atomic E-state index is 13.1. The Bertz CT molecular complexity index is 1200. The first kappa shape index (κ1) is 19.4. The van der Waals surface area contributed by atoms with E-state index in [1.807, 2.05) is 76.3 Å². The minimum absolute atomic E-state index is 0.0774. The summed E-state index contributed by atoms with van der Waals surface area (Å²) in [6.45, 7) is 3.24. The van der Waals surface area contributed by atoms with Gasteiger partial charge in [0.2, 0.25) is 0 Å². The second kappa shape index (κ2) is 8.26. The zero-order chi connectivity index (χ0) is 21.2. The Labute approximate surface area is 181 Å². The van der Waals surface area contributed by atoms with Gasteiger partial charge < -0.3 is 14.0 Å². The summed E-state index contributed by atoms with van der Waals surface area (Å²) < 4.78 is 7.91. The Kier molecular flexibility index (Phi) is 5.16. The molecule has 3 heterocycles. The molecule has 1 aliphatic heterocycles. The van der Waals surface area contributed by atoms with Crippen LogP contribution < -0.4 is 4.74 Å². The van der Waals surface area contributed by atoms with Gasteiger partial charge in [-0.2, -0.15) is 0 Å². The summed E-state index contributed by atoms with van der Waals surface area (Å²) in [5.41, 5.74) is 4.86. The number of hydrogen-bond donors (Lipinski definition) is 0. The van der Waals surface area contributed by atoms with Gasteiger partial charge in [-0.3, -0.25) is 4.79 Å². The summed E-state index contributed by atoms with van der Waals surface area (Å²) in [7, 11) is 0. The number of rotatable bonds is 5. The number of ether oxygens (including phenoxy) is 1. The Morgan fingerprint density at radius 3 is 2.65 bits per heavy atom. The van der Waals surface area contributed by atoms with Crippen LogP contribution in [0.2, 0.25) is 0 Å². The third-order valence-corrected chi connectivity index (χ3v) is 5.83. The van der Waals surface area contributed by atoms with Crippen molar-refractivity contribution in [2.75, 3.05) is 6.54 Å². The van der Waals surface area contributed by atoms with Gasteiger partial charge in [0, 0.05) is 24.5 Å². The molecule has 1 unspecified atom stereocenters. The molecule has 156 valence electrons. The molecule has 5 rings (SSSR count). The van der Waals surface area contributed by atoms with Crippen molar-refractivity contribution >= 4 is 11.6 Å². The van der Waals surface area contributed by atoms with Crippen molar-refractivity contribution in [1.29, 1.82) is 0 Å². The number of imidazole rings is 1. The molecule has 0 bridgehead atoms. The number of aromatic nitrogens is 2. The van der Waals surface area contributed by atoms with E-state index >= 15 is 0 Å². The summed E-state index contributed by atoms with van der Waals surface area (Å²) in [6, 6.07) is 21.9. The van der Waals surface area contributed by atoms with E-state index in [9.17, 15) is 4.79 Å². The van der Waals surface area contributed by atoms with Crippen LogP contribution in [-0.2, 0) is 6.61 Å². The van der Waals surface area contributed by atoms with E-state index in [1.54, 1.807) is 0 Å². The van der Waals surface area contributed by atoms with Gasteiger partial charge in [0.1, 0.15) is 18.0 Å². The van der Waals surface area contributed by atoms with Crippen molar-refractivity contribution in [2.24, 2.45) is 0 Å². The zero-order valence-electron chi connectivity index (χ0n) is 17.6. The standard InChI is InChI=1S/C26H25N3O2/c1-19-9-14-25-27-22(17-28(25)16-19)18-31-23-12-10-21(11-13-23)26(30)29-15-5-8-24(29)20-6-3-2-4-7-20/h2-4,6-7,9-14,16-17,24H,5,8,15,18H2,1H3. The van der Waals surface area contributed by atoms with E-state index in [4.69, 9.17) is 4.74 Å². The third kappa shape index (κ3) is 4.04. The highest BCUT2D eigenvalue weighted by Gasteiger charge is 2.30. The van der Waals surface area contributed by atoms with Crippen molar-refractivity contribution in [3.8, 4) is 5.75 Å². The molecule has 31 heavy (non-hydrogen) atoms. The maximum Gasteiger partial charge on any atom is 0.254 e. The molecule has 5 nitrogen and oxygen atoms in total. The molecule has 1 amide bonds. The van der Waals surface area contributed by atoms with Gasteiger partial charge in [-0.15, -0.1) is 0 Å². The van der Waals surface area contributed by atoms with Gasteiger partial charge in [0.25, 0.3) is 5.91 Å². The highest BCUT2D eigenvalue weighted by molar-refractivity contribution is 5.94. The number of benzene rings is 2. The Balaban J connectivity index is 1.25. The smallest absolute Gasteiger partial charge is 0.254 e. The first-order chi connectivity index (χ1) is 15.2. The van der Waals surface area contributed by atoms with Gasteiger partial charge in [-0.05, 0) is 61.2 Å². The quantitative estimate of drug-likeness (QED) is 0.454. The fourth-order valence-corrected chi connectivity index (χ4v) is 4.27. The van der Waals surface area contributed by atoms with Crippen LogP contribution in [-0.4, -0.2) is 26.7 Å². The predicted octanol–water partition coefficient (Wildman–Crippen LogP) is 5.20. The summed E-state index contributed by atoms with van der Waals surface area (Å²) in [5.74, 6) is 0.805. The van der Waals surface area contributed by atoms with Crippen LogP contribution in [0.1, 0.15) is 46.1 Å². The maximum atomic E-state index is 13.1. The largest absolute Gasteiger partial charge is 0.487 e. The normalized spacial score (nSPS) is 16.0. The fourth-order valence-electron chi connectivity index (χ4n) is 4.27. The van der Waals surface area contributed by atoms with Gasteiger partial charge in [0.15, 0.2) is 0 Å². The van der Waals surface area contributed by atoms with Crippen LogP contribution in [0.5, 0.6) is 5.75 Å². The molecule has 2 aromatic carbocycles. The second-order valence-electron chi connectivity index (χ2n) is 8.08. The van der Waals surface area contributed by atoms with Crippen LogP contribution in [0.15, 0.2) is 79.1 Å². The van der Waals surface area contributed by atoms with E-state index in [0.29, 0.717) is 12.2 Å². The van der Waals surface area contributed by atoms with Crippen LogP contribution in [0.25, 0.3) is 5.65 Å². The number of fused-ring (bicyclic) bond motifs is 1. The Morgan fingerprint density at radius 2 is 1.84 bits per heavy atom. The van der Waals surface area contributed by atoms with E-state index < -0.39 is 0 Å². The molecule has 0 aliphatic carbocycles. The Morgan fingerprint density at radius 1 is 1.03 bits per heavy atom. The van der Waals surface area contributed by atoms with Crippen LogP contribution in [0.4, 0.5) is 0 Å². The third-order valence-electron chi connectivity index (χ3n) is 5.83. The lowest BCUT2D eigenvalue weighted by Crippen LogP contribution is -2.30. The molecule has 5 heteroatoms. The van der Waals surface area contributed by atoms with Crippen molar-refractivity contribution < 1.29 is 9.53 Å². The van der Waals surface area contributed by atoms with Crippen LogP contribution >= 0.6 is 0 Å². The van der Waals surface area contributed by atoms with Gasteiger partial charge >= 0.3 is 0 Å². The topological polar surface area (TPSA) is 46.8 Å². The molecule has 0 spiro atoms. The van der Waals surface area contributed by atoms with E-state index in [2.05, 4.69) is 24.0 Å². The highest BCUT2D eigenvalue weighted by atomic mass is 16.5. The molecular weight excluding hydrogens is 386 g/mol. The molecule has 0 radical (unpaired) electrons. The lowest BCUT2D eigenvalue weighted by atomic mass is 10.0. The number of likely N-dealkylation sites (tertiary alicyclic amines) is 1. The summed E-state index contributed by atoms with van der Waals surface area (Å²) in [4.78, 5) is 19.7. The molecule has 2 aromatic heterocycles. The number of aryl methyl sites for hydroxylation is 1. The summed E-state index contributed by atoms with van der Waals surface area (Å²) in [5, 5.41) is 0. The van der Waals surface area contributed by atoms with Crippen molar-refractivity contribution in [3.05, 3.63) is 102 Å². The summed E-state index contributed by atoms with van der Waals surface area (Å²) >= 11 is 0. The average Bonchev–Trinajstić information content (AvgIpc) is 3.45. The monoisotopic (exact) mass is 411 g/mol. The lowest BCUT2D eigenvalue weighted by molar-refractivity contribution is 0.0735. The van der Waals surface area contributed by atoms with Crippen molar-refractivity contribution in [2.45, 2.75) is 32.4 Å². The highest BCUT2D eigenvalue weighted by Crippen LogP contribution is 2.33. The second-order valence-corrected chi connectivity index (χ2v) is 8.08. The van der Waals surface area contributed by atoms with Crippen molar-refractivity contribution in [3.63, 3.8) is 0 Å². The van der Waals surface area contributed by atoms with E-state index in [1.165, 1.54) is 11.1 Å². The minimum atomic E-state index is 0.0774. The van der Waals surface area contributed by atoms with Crippen LogP contribution in [0, 0.1) is 6.92 Å². The number of amides is 1. The molecule has 0 saturated carbocycles. The first-order valence-electron chi connectivity index (χ1n) is 10.7. The molecule has 1 aliphatic rings. The SMILES string of the molecule is Cc1ccc2nc(COc3ccc(C(=O)N4CCCC4c4ccccc4)cc3)cn2c1. The fraction of sp³-hybridized carbons (Fsp3) is 0.231. The molecule has 0 N–H and O–H groups in total. The number of carbonyl (C=O) groups excluding carboxylic acids is 1.